The van der Waals surface area contributed by atoms with Gasteiger partial charge in [0.05, 0.1) is 5.69 Å². The molecule has 4 rings (SSSR count). The summed E-state index contributed by atoms with van der Waals surface area (Å²) in [5, 5.41) is 6.41. The number of benzene rings is 2. The van der Waals surface area contributed by atoms with Crippen LogP contribution in [0.25, 0.3) is 16.9 Å². The first kappa shape index (κ1) is 19.7. The lowest BCUT2D eigenvalue weighted by molar-refractivity contribution is 0.0953. The molecule has 0 atom stereocenters. The molecule has 1 amide bonds. The van der Waals surface area contributed by atoms with Gasteiger partial charge in [0.1, 0.15) is 0 Å². The summed E-state index contributed by atoms with van der Waals surface area (Å²) in [5.74, 6) is -0.272. The molecule has 2 aromatic heterocycles. The van der Waals surface area contributed by atoms with Gasteiger partial charge < -0.3 is 0 Å². The number of nitrogens with zero attached hydrogens (tertiary/aromatic N) is 3. The maximum absolute atomic E-state index is 12.3. The van der Waals surface area contributed by atoms with Gasteiger partial charge >= 0.3 is 0 Å². The van der Waals surface area contributed by atoms with E-state index < -0.39 is 0 Å². The minimum atomic E-state index is -0.272. The minimum absolute atomic E-state index is 0. The lowest BCUT2D eigenvalue weighted by Gasteiger charge is -2.09. The SMILES string of the molecule is Br.O=C(N/N=c1/scc(-c2ccccc2)n1-c1ccccc1)c1ccncc1. The molecule has 2 heterocycles. The first-order valence-electron chi connectivity index (χ1n) is 8.38. The van der Waals surface area contributed by atoms with Crippen LogP contribution in [0.5, 0.6) is 0 Å². The molecule has 0 saturated heterocycles. The van der Waals surface area contributed by atoms with Crippen molar-refractivity contribution in [1.29, 1.82) is 0 Å². The van der Waals surface area contributed by atoms with Crippen LogP contribution in [0.1, 0.15) is 10.4 Å². The molecule has 28 heavy (non-hydrogen) atoms. The number of carbonyl (C=O) groups excluding carboxylic acids is 1. The van der Waals surface area contributed by atoms with Gasteiger partial charge in [-0.2, -0.15) is 0 Å². The molecule has 2 aromatic carbocycles. The van der Waals surface area contributed by atoms with Crippen LogP contribution in [0, 0.1) is 0 Å². The first-order valence-corrected chi connectivity index (χ1v) is 9.26. The molecule has 0 aliphatic carbocycles. The minimum Gasteiger partial charge on any atom is -0.284 e. The zero-order chi connectivity index (χ0) is 18.5. The highest BCUT2D eigenvalue weighted by atomic mass is 79.9. The lowest BCUT2D eigenvalue weighted by Crippen LogP contribution is -2.24. The molecule has 0 unspecified atom stereocenters. The zero-order valence-electron chi connectivity index (χ0n) is 14.7. The second kappa shape index (κ2) is 9.25. The Balaban J connectivity index is 0.00000225. The van der Waals surface area contributed by atoms with Crippen molar-refractivity contribution < 1.29 is 4.79 Å². The molecular formula is C21H17BrN4OS. The number of rotatable bonds is 4. The summed E-state index contributed by atoms with van der Waals surface area (Å²) in [5.41, 5.74) is 6.23. The Morgan fingerprint density at radius 1 is 0.929 bits per heavy atom. The summed E-state index contributed by atoms with van der Waals surface area (Å²) in [6, 6.07) is 23.4. The van der Waals surface area contributed by atoms with E-state index in [1.807, 2.05) is 58.5 Å². The van der Waals surface area contributed by atoms with Crippen molar-refractivity contribution >= 4 is 34.2 Å². The second-order valence-corrected chi connectivity index (χ2v) is 6.57. The van der Waals surface area contributed by atoms with Crippen LogP contribution < -0.4 is 10.2 Å². The van der Waals surface area contributed by atoms with Crippen molar-refractivity contribution in [3.63, 3.8) is 0 Å². The van der Waals surface area contributed by atoms with Crippen molar-refractivity contribution in [3.8, 4) is 16.9 Å². The fourth-order valence-corrected chi connectivity index (χ4v) is 3.56. The Morgan fingerprint density at radius 2 is 1.57 bits per heavy atom. The summed E-state index contributed by atoms with van der Waals surface area (Å²) >= 11 is 1.47. The Labute approximate surface area is 176 Å². The quantitative estimate of drug-likeness (QED) is 0.465. The molecule has 0 aliphatic rings. The highest BCUT2D eigenvalue weighted by Gasteiger charge is 2.10. The van der Waals surface area contributed by atoms with E-state index in [0.717, 1.165) is 16.9 Å². The van der Waals surface area contributed by atoms with Crippen LogP contribution in [0.2, 0.25) is 0 Å². The van der Waals surface area contributed by atoms with Gasteiger partial charge in [0.25, 0.3) is 5.91 Å². The summed E-state index contributed by atoms with van der Waals surface area (Å²) < 4.78 is 2.03. The van der Waals surface area contributed by atoms with E-state index >= 15 is 0 Å². The smallest absolute Gasteiger partial charge is 0.271 e. The predicted octanol–water partition coefficient (Wildman–Crippen LogP) is 4.42. The predicted molar refractivity (Wildman–Crippen MR) is 117 cm³/mol. The normalized spacial score (nSPS) is 10.9. The molecule has 140 valence electrons. The number of thiazole rings is 1. The third-order valence-electron chi connectivity index (χ3n) is 3.99. The maximum atomic E-state index is 12.3. The van der Waals surface area contributed by atoms with Crippen molar-refractivity contribution in [2.24, 2.45) is 5.10 Å². The summed E-state index contributed by atoms with van der Waals surface area (Å²) in [6.07, 6.45) is 3.16. The number of carbonyl (C=O) groups is 1. The number of halogens is 1. The van der Waals surface area contributed by atoms with Crippen molar-refractivity contribution in [2.45, 2.75) is 0 Å². The van der Waals surface area contributed by atoms with Crippen LogP contribution in [0.3, 0.4) is 0 Å². The molecule has 0 aliphatic heterocycles. The Kier molecular flexibility index (Phi) is 6.52. The molecule has 0 bridgehead atoms. The van der Waals surface area contributed by atoms with Gasteiger partial charge in [-0.05, 0) is 29.8 Å². The zero-order valence-corrected chi connectivity index (χ0v) is 17.3. The van der Waals surface area contributed by atoms with E-state index in [0.29, 0.717) is 10.4 Å². The molecule has 4 aromatic rings. The van der Waals surface area contributed by atoms with E-state index in [1.54, 1.807) is 24.5 Å². The third kappa shape index (κ3) is 4.27. The maximum Gasteiger partial charge on any atom is 0.271 e. The number of hydrogen-bond acceptors (Lipinski definition) is 4. The number of aromatic nitrogens is 2. The average molecular weight is 453 g/mol. The van der Waals surface area contributed by atoms with Crippen LogP contribution in [0.4, 0.5) is 0 Å². The van der Waals surface area contributed by atoms with Gasteiger partial charge in [-0.15, -0.1) is 33.4 Å². The second-order valence-electron chi connectivity index (χ2n) is 5.73. The van der Waals surface area contributed by atoms with E-state index in [4.69, 9.17) is 0 Å². The fourth-order valence-electron chi connectivity index (χ4n) is 2.69. The number of para-hydroxylation sites is 1. The largest absolute Gasteiger partial charge is 0.284 e. The summed E-state index contributed by atoms with van der Waals surface area (Å²) in [7, 11) is 0. The van der Waals surface area contributed by atoms with Gasteiger partial charge in [-0.3, -0.25) is 14.3 Å². The highest BCUT2D eigenvalue weighted by molar-refractivity contribution is 8.93. The highest BCUT2D eigenvalue weighted by Crippen LogP contribution is 2.22. The Hall–Kier alpha value is -3.03. The van der Waals surface area contributed by atoms with E-state index in [2.05, 4.69) is 27.6 Å². The van der Waals surface area contributed by atoms with Gasteiger partial charge in [0.15, 0.2) is 0 Å². The number of hydrogen-bond donors (Lipinski definition) is 1. The van der Waals surface area contributed by atoms with Crippen LogP contribution >= 0.6 is 28.3 Å². The molecule has 5 nitrogen and oxygen atoms in total. The van der Waals surface area contributed by atoms with Gasteiger partial charge in [0, 0.05) is 29.0 Å². The Bertz CT molecular complexity index is 1110. The monoisotopic (exact) mass is 452 g/mol. The van der Waals surface area contributed by atoms with E-state index in [1.165, 1.54) is 11.3 Å². The van der Waals surface area contributed by atoms with Crippen LogP contribution in [-0.2, 0) is 0 Å². The topological polar surface area (TPSA) is 59.3 Å². The van der Waals surface area contributed by atoms with Gasteiger partial charge in [-0.1, -0.05) is 48.5 Å². The fraction of sp³-hybridized carbons (Fsp3) is 0. The lowest BCUT2D eigenvalue weighted by atomic mass is 10.1. The van der Waals surface area contributed by atoms with Gasteiger partial charge in [-0.25, -0.2) is 5.43 Å². The number of pyridine rings is 1. The molecule has 0 spiro atoms. The molecule has 7 heteroatoms. The van der Waals surface area contributed by atoms with Crippen molar-refractivity contribution in [1.82, 2.24) is 15.0 Å². The summed E-state index contributed by atoms with van der Waals surface area (Å²) in [4.78, 5) is 16.9. The molecule has 0 fully saturated rings. The average Bonchev–Trinajstić information content (AvgIpc) is 3.18. The van der Waals surface area contributed by atoms with Crippen molar-refractivity contribution in [3.05, 3.63) is 101 Å². The standard InChI is InChI=1S/C21H16N4OS.BrH/c26-20(17-11-13-22-14-12-17)23-24-21-25(18-9-5-2-6-10-18)19(15-27-21)16-7-3-1-4-8-16;/h1-15H,(H,23,26);1H/b24-21+;. The molecule has 0 saturated carbocycles. The van der Waals surface area contributed by atoms with Crippen molar-refractivity contribution in [2.75, 3.05) is 0 Å². The van der Waals surface area contributed by atoms with Crippen LogP contribution in [0.15, 0.2) is 95.7 Å². The van der Waals surface area contributed by atoms with Gasteiger partial charge in [0.2, 0.25) is 4.80 Å². The Morgan fingerprint density at radius 3 is 2.25 bits per heavy atom. The molecule has 0 radical (unpaired) electrons. The third-order valence-corrected chi connectivity index (χ3v) is 4.81. The molecular weight excluding hydrogens is 436 g/mol. The van der Waals surface area contributed by atoms with E-state index in [9.17, 15) is 4.79 Å². The molecule has 1 N–H and O–H groups in total. The first-order chi connectivity index (χ1) is 13.3. The number of nitrogens with one attached hydrogen (secondary N) is 1. The summed E-state index contributed by atoms with van der Waals surface area (Å²) in [6.45, 7) is 0. The van der Waals surface area contributed by atoms with E-state index in [-0.39, 0.29) is 22.9 Å². The number of amides is 1. The van der Waals surface area contributed by atoms with Crippen LogP contribution in [-0.4, -0.2) is 15.5 Å².